The third kappa shape index (κ3) is 12.9. The monoisotopic (exact) mass is 566 g/mol. The molecule has 2 atom stereocenters. The number of amides is 2. The standard InChI is InChI=1S/C27H28N2O5.C3H6O2S/c30-25(28-24(26(31)32)18-21-12-6-2-7-13-21)23(17-16-20-10-4-1-5-11-20)29-27(33)34-19-22-14-8-3-9-15-22;1-3-6(2,4)5/h1-15,23-24H,16-19H2,(H,28,30)(H,29,33)(H,31,32);3H,1H2,2H3/t23-,24-;/m0./s1. The summed E-state index contributed by atoms with van der Waals surface area (Å²) in [7, 11) is -2.90. The molecule has 3 aromatic carbocycles. The molecule has 0 radical (unpaired) electrons. The summed E-state index contributed by atoms with van der Waals surface area (Å²) in [5.74, 6) is -1.72. The van der Waals surface area contributed by atoms with Crippen LogP contribution in [0.25, 0.3) is 0 Å². The van der Waals surface area contributed by atoms with Crippen molar-refractivity contribution in [2.75, 3.05) is 6.26 Å². The average Bonchev–Trinajstić information content (AvgIpc) is 2.95. The normalized spacial score (nSPS) is 12.0. The van der Waals surface area contributed by atoms with Crippen molar-refractivity contribution in [2.24, 2.45) is 0 Å². The number of nitrogens with one attached hydrogen (secondary N) is 2. The van der Waals surface area contributed by atoms with E-state index < -0.39 is 39.9 Å². The summed E-state index contributed by atoms with van der Waals surface area (Å²) in [6.07, 6.45) is 1.29. The molecule has 0 aliphatic rings. The molecule has 40 heavy (non-hydrogen) atoms. The lowest BCUT2D eigenvalue weighted by Crippen LogP contribution is -2.52. The molecule has 0 unspecified atom stereocenters. The molecule has 0 aliphatic carbocycles. The molecule has 3 N–H and O–H groups in total. The Morgan fingerprint density at radius 3 is 1.77 bits per heavy atom. The number of benzene rings is 3. The summed E-state index contributed by atoms with van der Waals surface area (Å²) in [4.78, 5) is 37.3. The fourth-order valence-corrected chi connectivity index (χ4v) is 3.45. The molecule has 0 bridgehead atoms. The second-order valence-corrected chi connectivity index (χ2v) is 10.9. The maximum absolute atomic E-state index is 13.0. The molecular weight excluding hydrogens is 532 g/mol. The van der Waals surface area contributed by atoms with Crippen LogP contribution in [0.5, 0.6) is 0 Å². The molecule has 0 saturated heterocycles. The lowest BCUT2D eigenvalue weighted by Gasteiger charge is -2.21. The minimum Gasteiger partial charge on any atom is -0.480 e. The third-order valence-electron chi connectivity index (χ3n) is 5.59. The number of alkyl carbamates (subject to hydrolysis) is 1. The van der Waals surface area contributed by atoms with Crippen LogP contribution in [-0.4, -0.2) is 49.8 Å². The van der Waals surface area contributed by atoms with Crippen molar-refractivity contribution >= 4 is 27.8 Å². The van der Waals surface area contributed by atoms with Gasteiger partial charge in [-0.3, -0.25) is 4.79 Å². The SMILES string of the molecule is C=CS(C)(=O)=O.O=C(N[C@@H](CCc1ccccc1)C(=O)N[C@@H](Cc1ccccc1)C(=O)O)OCc1ccccc1. The Kier molecular flexibility index (Phi) is 13.1. The number of rotatable bonds is 12. The van der Waals surface area contributed by atoms with E-state index in [-0.39, 0.29) is 19.4 Å². The molecule has 0 heterocycles. The Balaban J connectivity index is 0.000000840. The minimum absolute atomic E-state index is 0.0610. The second-order valence-electron chi connectivity index (χ2n) is 8.87. The molecule has 3 rings (SSSR count). The van der Waals surface area contributed by atoms with Crippen LogP contribution >= 0.6 is 0 Å². The molecule has 0 fully saturated rings. The molecule has 212 valence electrons. The van der Waals surface area contributed by atoms with E-state index in [0.29, 0.717) is 6.42 Å². The Morgan fingerprint density at radius 2 is 1.30 bits per heavy atom. The van der Waals surface area contributed by atoms with Crippen LogP contribution in [0.1, 0.15) is 23.1 Å². The zero-order chi connectivity index (χ0) is 29.4. The van der Waals surface area contributed by atoms with Gasteiger partial charge < -0.3 is 20.5 Å². The fourth-order valence-electron chi connectivity index (χ4n) is 3.45. The van der Waals surface area contributed by atoms with Gasteiger partial charge in [0, 0.05) is 18.1 Å². The Labute approximate surface area is 234 Å². The smallest absolute Gasteiger partial charge is 0.408 e. The number of carbonyl (C=O) groups is 3. The zero-order valence-corrected chi connectivity index (χ0v) is 23.0. The van der Waals surface area contributed by atoms with Crippen LogP contribution in [0.15, 0.2) is 103 Å². The van der Waals surface area contributed by atoms with Crippen molar-refractivity contribution in [1.29, 1.82) is 0 Å². The first kappa shape index (κ1) is 31.8. The largest absolute Gasteiger partial charge is 0.480 e. The third-order valence-corrected chi connectivity index (χ3v) is 6.19. The Morgan fingerprint density at radius 1 is 0.825 bits per heavy atom. The number of sulfone groups is 1. The summed E-state index contributed by atoms with van der Waals surface area (Å²) in [6.45, 7) is 3.10. The number of hydrogen-bond acceptors (Lipinski definition) is 6. The van der Waals surface area contributed by atoms with E-state index in [4.69, 9.17) is 4.74 Å². The summed E-state index contributed by atoms with van der Waals surface area (Å²) >= 11 is 0. The van der Waals surface area contributed by atoms with Crippen molar-refractivity contribution in [1.82, 2.24) is 10.6 Å². The van der Waals surface area contributed by atoms with E-state index in [1.165, 1.54) is 0 Å². The summed E-state index contributed by atoms with van der Waals surface area (Å²) in [5, 5.41) is 15.7. The van der Waals surface area contributed by atoms with Gasteiger partial charge in [0.25, 0.3) is 0 Å². The van der Waals surface area contributed by atoms with Crippen molar-refractivity contribution in [3.8, 4) is 0 Å². The van der Waals surface area contributed by atoms with E-state index in [1.807, 2.05) is 78.9 Å². The zero-order valence-electron chi connectivity index (χ0n) is 22.2. The fraction of sp³-hybridized carbons (Fsp3) is 0.233. The molecule has 10 heteroatoms. The first-order chi connectivity index (χ1) is 19.1. The average molecular weight is 567 g/mol. The summed E-state index contributed by atoms with van der Waals surface area (Å²) in [5.41, 5.74) is 2.60. The second kappa shape index (κ2) is 16.5. The van der Waals surface area contributed by atoms with Gasteiger partial charge in [0.15, 0.2) is 9.84 Å². The maximum atomic E-state index is 13.0. The topological polar surface area (TPSA) is 139 Å². The quantitative estimate of drug-likeness (QED) is 0.302. The highest BCUT2D eigenvalue weighted by Crippen LogP contribution is 2.09. The van der Waals surface area contributed by atoms with Crippen molar-refractivity contribution < 1.29 is 32.6 Å². The number of aryl methyl sites for hydroxylation is 1. The molecule has 0 spiro atoms. The van der Waals surface area contributed by atoms with Gasteiger partial charge in [-0.1, -0.05) is 97.6 Å². The number of hydrogen-bond donors (Lipinski definition) is 3. The molecular formula is C30H34N2O7S. The predicted molar refractivity (Wildman–Crippen MR) is 153 cm³/mol. The minimum atomic E-state index is -2.90. The number of aliphatic carboxylic acids is 1. The van der Waals surface area contributed by atoms with Gasteiger partial charge in [0.1, 0.15) is 18.7 Å². The van der Waals surface area contributed by atoms with Gasteiger partial charge in [0.05, 0.1) is 0 Å². The number of ether oxygens (including phenoxy) is 1. The molecule has 0 aliphatic heterocycles. The lowest BCUT2D eigenvalue weighted by atomic mass is 10.0. The van der Waals surface area contributed by atoms with E-state index in [1.54, 1.807) is 12.1 Å². The highest BCUT2D eigenvalue weighted by Gasteiger charge is 2.27. The molecule has 2 amide bonds. The number of carbonyl (C=O) groups excluding carboxylic acids is 2. The molecule has 0 aromatic heterocycles. The maximum Gasteiger partial charge on any atom is 0.408 e. The summed E-state index contributed by atoms with van der Waals surface area (Å²) in [6, 6.07) is 25.7. The van der Waals surface area contributed by atoms with Crippen LogP contribution in [0.4, 0.5) is 4.79 Å². The Hall–Kier alpha value is -4.44. The van der Waals surface area contributed by atoms with Gasteiger partial charge in [0.2, 0.25) is 5.91 Å². The summed E-state index contributed by atoms with van der Waals surface area (Å²) < 4.78 is 25.0. The van der Waals surface area contributed by atoms with Crippen molar-refractivity contribution in [3.05, 3.63) is 120 Å². The lowest BCUT2D eigenvalue weighted by molar-refractivity contribution is -0.142. The van der Waals surface area contributed by atoms with Gasteiger partial charge in [-0.15, -0.1) is 0 Å². The van der Waals surface area contributed by atoms with E-state index in [0.717, 1.165) is 28.4 Å². The van der Waals surface area contributed by atoms with Crippen molar-refractivity contribution in [3.63, 3.8) is 0 Å². The van der Waals surface area contributed by atoms with Gasteiger partial charge in [-0.2, -0.15) is 0 Å². The first-order valence-electron chi connectivity index (χ1n) is 12.5. The Bertz CT molecular complexity index is 1320. The van der Waals surface area contributed by atoms with Crippen LogP contribution < -0.4 is 10.6 Å². The number of carboxylic acid groups (broad SMARTS) is 1. The highest BCUT2D eigenvalue weighted by atomic mass is 32.2. The van der Waals surface area contributed by atoms with Gasteiger partial charge in [-0.25, -0.2) is 18.0 Å². The molecule has 9 nitrogen and oxygen atoms in total. The highest BCUT2D eigenvalue weighted by molar-refractivity contribution is 7.93. The molecule has 3 aromatic rings. The van der Waals surface area contributed by atoms with Crippen LogP contribution in [0.2, 0.25) is 0 Å². The van der Waals surface area contributed by atoms with Crippen LogP contribution in [0.3, 0.4) is 0 Å². The number of carboxylic acids is 1. The molecule has 0 saturated carbocycles. The van der Waals surface area contributed by atoms with E-state index in [2.05, 4.69) is 17.2 Å². The van der Waals surface area contributed by atoms with E-state index >= 15 is 0 Å². The van der Waals surface area contributed by atoms with Gasteiger partial charge >= 0.3 is 12.1 Å². The van der Waals surface area contributed by atoms with Crippen LogP contribution in [0, 0.1) is 0 Å². The first-order valence-corrected chi connectivity index (χ1v) is 14.4. The van der Waals surface area contributed by atoms with Crippen LogP contribution in [-0.2, 0) is 43.6 Å². The van der Waals surface area contributed by atoms with Crippen molar-refractivity contribution in [2.45, 2.75) is 38.0 Å². The van der Waals surface area contributed by atoms with Gasteiger partial charge in [-0.05, 0) is 29.5 Å². The predicted octanol–water partition coefficient (Wildman–Crippen LogP) is 3.90. The van der Waals surface area contributed by atoms with E-state index in [9.17, 15) is 27.9 Å².